The van der Waals surface area contributed by atoms with Crippen molar-refractivity contribution >= 4 is 11.6 Å². The van der Waals surface area contributed by atoms with E-state index in [4.69, 9.17) is 9.47 Å². The molecule has 2 rings (SSSR count). The van der Waals surface area contributed by atoms with Crippen LogP contribution in [-0.2, 0) is 4.79 Å². The van der Waals surface area contributed by atoms with E-state index in [-0.39, 0.29) is 18.2 Å². The van der Waals surface area contributed by atoms with Crippen molar-refractivity contribution < 1.29 is 18.7 Å². The molecule has 2 aromatic rings. The predicted molar refractivity (Wildman–Crippen MR) is 91.0 cm³/mol. The number of hydrogen-bond donors (Lipinski definition) is 1. The zero-order valence-corrected chi connectivity index (χ0v) is 13.8. The Bertz CT molecular complexity index is 662. The zero-order valence-electron chi connectivity index (χ0n) is 13.8. The van der Waals surface area contributed by atoms with E-state index in [1.165, 1.54) is 6.07 Å². The van der Waals surface area contributed by atoms with Gasteiger partial charge in [-0.3, -0.25) is 9.69 Å². The molecular weight excluding hydrogens is 311 g/mol. The molecule has 1 N–H and O–H groups in total. The van der Waals surface area contributed by atoms with Crippen molar-refractivity contribution in [3.8, 4) is 11.5 Å². The van der Waals surface area contributed by atoms with Crippen molar-refractivity contribution in [2.75, 3.05) is 39.2 Å². The number of likely N-dealkylation sites (N-methyl/N-ethyl adjacent to an activating group) is 1. The van der Waals surface area contributed by atoms with Crippen LogP contribution in [0.4, 0.5) is 10.1 Å². The molecule has 0 unspecified atom stereocenters. The molecule has 0 atom stereocenters. The van der Waals surface area contributed by atoms with Crippen molar-refractivity contribution in [3.05, 3.63) is 54.3 Å². The fourth-order valence-electron chi connectivity index (χ4n) is 2.07. The van der Waals surface area contributed by atoms with Crippen LogP contribution >= 0.6 is 0 Å². The summed E-state index contributed by atoms with van der Waals surface area (Å²) in [7, 11) is 3.39. The fraction of sp³-hybridized carbons (Fsp3) is 0.278. The molecule has 0 aliphatic rings. The minimum absolute atomic E-state index is 0.131. The first-order valence-corrected chi connectivity index (χ1v) is 7.58. The molecule has 128 valence electrons. The number of anilines is 1. The van der Waals surface area contributed by atoms with Gasteiger partial charge in [-0.15, -0.1) is 0 Å². The predicted octanol–water partition coefficient (Wildman–Crippen LogP) is 2.78. The lowest BCUT2D eigenvalue weighted by Crippen LogP contribution is -2.33. The van der Waals surface area contributed by atoms with Crippen LogP contribution in [0.5, 0.6) is 11.5 Å². The monoisotopic (exact) mass is 332 g/mol. The summed E-state index contributed by atoms with van der Waals surface area (Å²) < 4.78 is 23.8. The van der Waals surface area contributed by atoms with E-state index in [2.05, 4.69) is 5.32 Å². The van der Waals surface area contributed by atoms with Crippen molar-refractivity contribution in [1.29, 1.82) is 0 Å². The second kappa shape index (κ2) is 8.88. The van der Waals surface area contributed by atoms with Gasteiger partial charge in [-0.05, 0) is 43.4 Å². The summed E-state index contributed by atoms with van der Waals surface area (Å²) in [6.07, 6.45) is 0. The molecule has 6 heteroatoms. The average Bonchev–Trinajstić information content (AvgIpc) is 2.57. The third-order valence-corrected chi connectivity index (χ3v) is 3.35. The van der Waals surface area contributed by atoms with Gasteiger partial charge in [0.15, 0.2) is 11.6 Å². The number of para-hydroxylation sites is 1. The van der Waals surface area contributed by atoms with E-state index in [1.807, 2.05) is 0 Å². The van der Waals surface area contributed by atoms with Crippen LogP contribution in [-0.4, -0.2) is 44.7 Å². The number of hydrogen-bond acceptors (Lipinski definition) is 4. The highest BCUT2D eigenvalue weighted by Gasteiger charge is 2.08. The van der Waals surface area contributed by atoms with Crippen molar-refractivity contribution in [1.82, 2.24) is 4.90 Å². The number of nitrogens with one attached hydrogen (secondary N) is 1. The smallest absolute Gasteiger partial charge is 0.238 e. The largest absolute Gasteiger partial charge is 0.497 e. The van der Waals surface area contributed by atoms with Gasteiger partial charge in [-0.1, -0.05) is 12.1 Å². The highest BCUT2D eigenvalue weighted by Crippen LogP contribution is 2.16. The van der Waals surface area contributed by atoms with Crippen LogP contribution in [0.25, 0.3) is 0 Å². The summed E-state index contributed by atoms with van der Waals surface area (Å²) in [6.45, 7) is 1.02. The molecule has 0 aliphatic heterocycles. The molecule has 5 nitrogen and oxygen atoms in total. The van der Waals surface area contributed by atoms with Gasteiger partial charge >= 0.3 is 0 Å². The Hall–Kier alpha value is -2.60. The molecule has 0 saturated carbocycles. The Morgan fingerprint density at radius 1 is 1.17 bits per heavy atom. The lowest BCUT2D eigenvalue weighted by Gasteiger charge is -2.17. The summed E-state index contributed by atoms with van der Waals surface area (Å²) in [5.41, 5.74) is 0.705. The van der Waals surface area contributed by atoms with Crippen LogP contribution in [0.1, 0.15) is 0 Å². The maximum Gasteiger partial charge on any atom is 0.238 e. The molecule has 2 aromatic carbocycles. The van der Waals surface area contributed by atoms with Gasteiger partial charge < -0.3 is 14.8 Å². The third kappa shape index (κ3) is 5.55. The van der Waals surface area contributed by atoms with Gasteiger partial charge in [0.05, 0.1) is 13.7 Å². The summed E-state index contributed by atoms with van der Waals surface area (Å²) in [4.78, 5) is 13.8. The zero-order chi connectivity index (χ0) is 17.4. The summed E-state index contributed by atoms with van der Waals surface area (Å²) in [5, 5.41) is 2.80. The number of rotatable bonds is 8. The van der Waals surface area contributed by atoms with Crippen molar-refractivity contribution in [3.63, 3.8) is 0 Å². The van der Waals surface area contributed by atoms with E-state index in [0.717, 1.165) is 5.75 Å². The van der Waals surface area contributed by atoms with Crippen LogP contribution in [0.2, 0.25) is 0 Å². The minimum atomic E-state index is -0.391. The molecule has 24 heavy (non-hydrogen) atoms. The van der Waals surface area contributed by atoms with Gasteiger partial charge in [-0.2, -0.15) is 0 Å². The lowest BCUT2D eigenvalue weighted by atomic mass is 10.3. The number of carbonyl (C=O) groups is 1. The van der Waals surface area contributed by atoms with Gasteiger partial charge in [0, 0.05) is 12.2 Å². The Morgan fingerprint density at radius 2 is 1.88 bits per heavy atom. The Morgan fingerprint density at radius 3 is 2.54 bits per heavy atom. The third-order valence-electron chi connectivity index (χ3n) is 3.35. The molecular formula is C18H21FN2O3. The number of methoxy groups -OCH3 is 1. The first kappa shape index (κ1) is 17.7. The van der Waals surface area contributed by atoms with E-state index in [9.17, 15) is 9.18 Å². The quantitative estimate of drug-likeness (QED) is 0.808. The number of nitrogens with zero attached hydrogens (tertiary/aromatic N) is 1. The first-order valence-electron chi connectivity index (χ1n) is 7.58. The standard InChI is InChI=1S/C18H21FN2O3/c1-21(11-12-24-17-6-4-3-5-16(17)19)13-18(22)20-14-7-9-15(23-2)10-8-14/h3-10H,11-13H2,1-2H3,(H,20,22). The van der Waals surface area contributed by atoms with Gasteiger partial charge in [-0.25, -0.2) is 4.39 Å². The molecule has 0 aromatic heterocycles. The fourth-order valence-corrected chi connectivity index (χ4v) is 2.07. The molecule has 0 spiro atoms. The number of amides is 1. The van der Waals surface area contributed by atoms with E-state index in [0.29, 0.717) is 18.8 Å². The van der Waals surface area contributed by atoms with Gasteiger partial charge in [0.1, 0.15) is 12.4 Å². The molecule has 0 radical (unpaired) electrons. The molecule has 0 fully saturated rings. The number of ether oxygens (including phenoxy) is 2. The van der Waals surface area contributed by atoms with E-state index >= 15 is 0 Å². The van der Waals surface area contributed by atoms with Crippen LogP contribution in [0.3, 0.4) is 0 Å². The Kier molecular flexibility index (Phi) is 6.57. The highest BCUT2D eigenvalue weighted by molar-refractivity contribution is 5.92. The number of carbonyl (C=O) groups excluding carboxylic acids is 1. The number of halogens is 1. The summed E-state index contributed by atoms with van der Waals surface area (Å²) in [6, 6.07) is 13.4. The average molecular weight is 332 g/mol. The van der Waals surface area contributed by atoms with Gasteiger partial charge in [0.2, 0.25) is 5.91 Å². The topological polar surface area (TPSA) is 50.8 Å². The Labute approximate surface area is 141 Å². The molecule has 0 heterocycles. The van der Waals surface area contributed by atoms with Crippen LogP contribution < -0.4 is 14.8 Å². The van der Waals surface area contributed by atoms with Crippen LogP contribution in [0, 0.1) is 5.82 Å². The summed E-state index contributed by atoms with van der Waals surface area (Å²) >= 11 is 0. The molecule has 0 saturated heterocycles. The maximum atomic E-state index is 13.4. The van der Waals surface area contributed by atoms with Crippen molar-refractivity contribution in [2.45, 2.75) is 0 Å². The van der Waals surface area contributed by atoms with Crippen molar-refractivity contribution in [2.24, 2.45) is 0 Å². The van der Waals surface area contributed by atoms with E-state index in [1.54, 1.807) is 61.5 Å². The maximum absolute atomic E-state index is 13.4. The van der Waals surface area contributed by atoms with E-state index < -0.39 is 5.82 Å². The number of benzene rings is 2. The normalized spacial score (nSPS) is 10.5. The SMILES string of the molecule is COc1ccc(NC(=O)CN(C)CCOc2ccccc2F)cc1. The highest BCUT2D eigenvalue weighted by atomic mass is 19.1. The molecule has 0 aliphatic carbocycles. The van der Waals surface area contributed by atoms with Crippen LogP contribution in [0.15, 0.2) is 48.5 Å². The second-order valence-electron chi connectivity index (χ2n) is 5.29. The first-order chi connectivity index (χ1) is 11.6. The molecule has 1 amide bonds. The minimum Gasteiger partial charge on any atom is -0.497 e. The molecule has 0 bridgehead atoms. The Balaban J connectivity index is 1.72. The second-order valence-corrected chi connectivity index (χ2v) is 5.29. The summed E-state index contributed by atoms with van der Waals surface area (Å²) in [5.74, 6) is 0.426. The van der Waals surface area contributed by atoms with Gasteiger partial charge in [0.25, 0.3) is 0 Å². The lowest BCUT2D eigenvalue weighted by molar-refractivity contribution is -0.117.